The molecule has 0 bridgehead atoms. The normalized spacial score (nSPS) is 10.8. The van der Waals surface area contributed by atoms with Gasteiger partial charge in [-0.2, -0.15) is 4.98 Å². The number of halogens is 1. The molecule has 2 aromatic carbocycles. The van der Waals surface area contributed by atoms with Crippen LogP contribution in [0.4, 0.5) is 0 Å². The molecule has 0 fully saturated rings. The lowest BCUT2D eigenvalue weighted by Gasteiger charge is -1.98. The Balaban J connectivity index is 1.82. The third-order valence-electron chi connectivity index (χ3n) is 3.14. The Kier molecular flexibility index (Phi) is 3.75. The molecule has 1 heterocycles. The number of benzene rings is 2. The average Bonchev–Trinajstić information content (AvgIpc) is 2.93. The van der Waals surface area contributed by atoms with Crippen molar-refractivity contribution in [2.75, 3.05) is 0 Å². The lowest BCUT2D eigenvalue weighted by molar-refractivity contribution is 0.423. The maximum absolute atomic E-state index is 9.69. The van der Waals surface area contributed by atoms with Crippen LogP contribution in [0.1, 0.15) is 17.0 Å². The van der Waals surface area contributed by atoms with Gasteiger partial charge in [-0.1, -0.05) is 35.0 Å². The van der Waals surface area contributed by atoms with E-state index in [1.165, 1.54) is 5.56 Å². The molecule has 4 nitrogen and oxygen atoms in total. The molecule has 3 rings (SSSR count). The quantitative estimate of drug-likeness (QED) is 0.776. The monoisotopic (exact) mass is 344 g/mol. The third-order valence-corrected chi connectivity index (χ3v) is 3.81. The van der Waals surface area contributed by atoms with Gasteiger partial charge < -0.3 is 9.63 Å². The van der Waals surface area contributed by atoms with Crippen molar-refractivity contribution < 1.29 is 9.63 Å². The van der Waals surface area contributed by atoms with Gasteiger partial charge in [-0.25, -0.2) is 0 Å². The minimum Gasteiger partial charge on any atom is -0.507 e. The number of aryl methyl sites for hydroxylation is 1. The van der Waals surface area contributed by atoms with Gasteiger partial charge >= 0.3 is 0 Å². The fraction of sp³-hybridized carbons (Fsp3) is 0.125. The van der Waals surface area contributed by atoms with E-state index in [1.807, 2.05) is 6.07 Å². The minimum atomic E-state index is 0.144. The summed E-state index contributed by atoms with van der Waals surface area (Å²) >= 11 is 3.24. The van der Waals surface area contributed by atoms with Gasteiger partial charge in [0, 0.05) is 12.0 Å². The van der Waals surface area contributed by atoms with Crippen LogP contribution < -0.4 is 0 Å². The maximum Gasteiger partial charge on any atom is 0.258 e. The van der Waals surface area contributed by atoms with Crippen LogP contribution in [-0.2, 0) is 6.42 Å². The summed E-state index contributed by atoms with van der Waals surface area (Å²) in [6.07, 6.45) is 0.617. The molecule has 0 radical (unpaired) electrons. The number of nitrogens with zero attached hydrogens (tertiary/aromatic N) is 2. The largest absolute Gasteiger partial charge is 0.507 e. The molecule has 0 aliphatic heterocycles. The van der Waals surface area contributed by atoms with Gasteiger partial charge in [0.05, 0.1) is 4.47 Å². The number of aromatic nitrogens is 2. The Labute approximate surface area is 130 Å². The Hall–Kier alpha value is -2.14. The second-order valence-electron chi connectivity index (χ2n) is 4.84. The van der Waals surface area contributed by atoms with E-state index in [0.717, 1.165) is 5.56 Å². The molecule has 5 heteroatoms. The number of hydrogen-bond acceptors (Lipinski definition) is 4. The van der Waals surface area contributed by atoms with E-state index in [0.29, 0.717) is 28.2 Å². The summed E-state index contributed by atoms with van der Waals surface area (Å²) in [5.74, 6) is 1.17. The third kappa shape index (κ3) is 3.13. The molecule has 0 spiro atoms. The Morgan fingerprint density at radius 2 is 1.90 bits per heavy atom. The van der Waals surface area contributed by atoms with E-state index < -0.39 is 0 Å². The van der Waals surface area contributed by atoms with Gasteiger partial charge in [0.2, 0.25) is 0 Å². The molecule has 1 N–H and O–H groups in total. The molecule has 0 unspecified atom stereocenters. The second kappa shape index (κ2) is 5.69. The molecule has 1 aromatic heterocycles. The Morgan fingerprint density at radius 3 is 2.62 bits per heavy atom. The van der Waals surface area contributed by atoms with Gasteiger partial charge in [0.15, 0.2) is 5.82 Å². The molecule has 106 valence electrons. The van der Waals surface area contributed by atoms with Gasteiger partial charge in [-0.15, -0.1) is 0 Å². The van der Waals surface area contributed by atoms with E-state index in [4.69, 9.17) is 4.52 Å². The van der Waals surface area contributed by atoms with Gasteiger partial charge in [-0.05, 0) is 46.6 Å². The number of phenols is 1. The summed E-state index contributed by atoms with van der Waals surface area (Å²) < 4.78 is 5.88. The first-order valence-electron chi connectivity index (χ1n) is 6.49. The predicted molar refractivity (Wildman–Crippen MR) is 83.1 cm³/mol. The van der Waals surface area contributed by atoms with Crippen molar-refractivity contribution >= 4 is 15.9 Å². The fourth-order valence-corrected chi connectivity index (χ4v) is 2.22. The highest BCUT2D eigenvalue weighted by Gasteiger charge is 2.11. The van der Waals surface area contributed by atoms with Crippen molar-refractivity contribution in [3.63, 3.8) is 0 Å². The van der Waals surface area contributed by atoms with Gasteiger partial charge in [0.1, 0.15) is 5.75 Å². The smallest absolute Gasteiger partial charge is 0.258 e. The fourth-order valence-electron chi connectivity index (χ4n) is 1.98. The van der Waals surface area contributed by atoms with E-state index in [-0.39, 0.29) is 5.75 Å². The summed E-state index contributed by atoms with van der Waals surface area (Å²) in [6.45, 7) is 2.05. The zero-order chi connectivity index (χ0) is 14.8. The highest BCUT2D eigenvalue weighted by Crippen LogP contribution is 2.29. The van der Waals surface area contributed by atoms with Crippen LogP contribution in [0.25, 0.3) is 11.5 Å². The molecule has 0 atom stereocenters. The molecular formula is C16H13BrN2O2. The molecular weight excluding hydrogens is 332 g/mol. The predicted octanol–water partition coefficient (Wildman–Crippen LogP) is 4.10. The van der Waals surface area contributed by atoms with Crippen LogP contribution in [0.3, 0.4) is 0 Å². The average molecular weight is 345 g/mol. The number of phenolic OH excluding ortho intramolecular Hbond substituents is 1. The van der Waals surface area contributed by atoms with Crippen LogP contribution in [0, 0.1) is 6.92 Å². The number of rotatable bonds is 3. The Bertz CT molecular complexity index is 766. The molecule has 3 aromatic rings. The minimum absolute atomic E-state index is 0.144. The summed E-state index contributed by atoms with van der Waals surface area (Å²) in [6, 6.07) is 13.4. The first kappa shape index (κ1) is 13.8. The van der Waals surface area contributed by atoms with Gasteiger partial charge in [0.25, 0.3) is 5.89 Å². The highest BCUT2D eigenvalue weighted by atomic mass is 79.9. The molecule has 0 saturated heterocycles. The molecule has 0 saturated carbocycles. The standard InChI is InChI=1S/C16H13BrN2O2/c1-10-2-4-11(5-3-10)8-15-18-16(21-19-15)12-6-7-13(17)14(20)9-12/h2-7,9,20H,8H2,1H3. The van der Waals surface area contributed by atoms with Crippen molar-refractivity contribution in [3.05, 3.63) is 63.9 Å². The Morgan fingerprint density at radius 1 is 1.14 bits per heavy atom. The van der Waals surface area contributed by atoms with Crippen LogP contribution >= 0.6 is 15.9 Å². The SMILES string of the molecule is Cc1ccc(Cc2noc(-c3ccc(Br)c(O)c3)n2)cc1. The van der Waals surface area contributed by atoms with Crippen molar-refractivity contribution in [1.29, 1.82) is 0 Å². The van der Waals surface area contributed by atoms with Crippen LogP contribution in [-0.4, -0.2) is 15.2 Å². The maximum atomic E-state index is 9.69. The van der Waals surface area contributed by atoms with Crippen LogP contribution in [0.5, 0.6) is 5.75 Å². The van der Waals surface area contributed by atoms with E-state index >= 15 is 0 Å². The van der Waals surface area contributed by atoms with Gasteiger partial charge in [-0.3, -0.25) is 0 Å². The summed E-state index contributed by atoms with van der Waals surface area (Å²) in [5, 5.41) is 13.7. The van der Waals surface area contributed by atoms with E-state index in [1.54, 1.807) is 12.1 Å². The molecule has 21 heavy (non-hydrogen) atoms. The first-order valence-corrected chi connectivity index (χ1v) is 7.28. The molecule has 0 amide bonds. The number of hydrogen-bond donors (Lipinski definition) is 1. The summed E-state index contributed by atoms with van der Waals surface area (Å²) in [5.41, 5.74) is 3.04. The topological polar surface area (TPSA) is 59.2 Å². The zero-order valence-corrected chi connectivity index (χ0v) is 13.0. The lowest BCUT2D eigenvalue weighted by atomic mass is 10.1. The van der Waals surface area contributed by atoms with E-state index in [9.17, 15) is 5.11 Å². The summed E-state index contributed by atoms with van der Waals surface area (Å²) in [7, 11) is 0. The molecule has 0 aliphatic carbocycles. The lowest BCUT2D eigenvalue weighted by Crippen LogP contribution is -1.90. The molecule has 0 aliphatic rings. The summed E-state index contributed by atoms with van der Waals surface area (Å²) in [4.78, 5) is 4.36. The van der Waals surface area contributed by atoms with Crippen molar-refractivity contribution in [2.24, 2.45) is 0 Å². The zero-order valence-electron chi connectivity index (χ0n) is 11.4. The van der Waals surface area contributed by atoms with E-state index in [2.05, 4.69) is 57.3 Å². The van der Waals surface area contributed by atoms with Crippen molar-refractivity contribution in [3.8, 4) is 17.2 Å². The second-order valence-corrected chi connectivity index (χ2v) is 5.70. The highest BCUT2D eigenvalue weighted by molar-refractivity contribution is 9.10. The van der Waals surface area contributed by atoms with Crippen molar-refractivity contribution in [2.45, 2.75) is 13.3 Å². The van der Waals surface area contributed by atoms with Crippen LogP contribution in [0.15, 0.2) is 51.5 Å². The van der Waals surface area contributed by atoms with Crippen LogP contribution in [0.2, 0.25) is 0 Å². The van der Waals surface area contributed by atoms with Crippen molar-refractivity contribution in [1.82, 2.24) is 10.1 Å². The number of aromatic hydroxyl groups is 1. The first-order chi connectivity index (χ1) is 10.1.